The van der Waals surface area contributed by atoms with E-state index in [0.717, 1.165) is 16.6 Å². The molecule has 0 bridgehead atoms. The van der Waals surface area contributed by atoms with Crippen molar-refractivity contribution in [2.45, 2.75) is 19.9 Å². The molecule has 112 valence electrons. The number of nitrogens with two attached hydrogens (primary N) is 1. The topological polar surface area (TPSA) is 29.3 Å². The number of aryl methyl sites for hydroxylation is 1. The van der Waals surface area contributed by atoms with E-state index in [0.29, 0.717) is 11.6 Å². The van der Waals surface area contributed by atoms with E-state index in [4.69, 9.17) is 17.3 Å². The van der Waals surface area contributed by atoms with E-state index in [9.17, 15) is 0 Å². The fourth-order valence-electron chi connectivity index (χ4n) is 2.48. The molecule has 1 atom stereocenters. The van der Waals surface area contributed by atoms with Gasteiger partial charge in [-0.05, 0) is 59.6 Å². The minimum absolute atomic E-state index is 0.114. The van der Waals surface area contributed by atoms with Gasteiger partial charge < -0.3 is 10.6 Å². The monoisotopic (exact) mass is 366 g/mol. The standard InChI is InChI=1S/C17H20BrClN2/c1-3-21(14-7-4-12(2)5-8-14)17(11-20)13-6-9-15(18)16(19)10-13/h4-10,17H,3,11,20H2,1-2H3. The van der Waals surface area contributed by atoms with Crippen LogP contribution in [0.15, 0.2) is 46.9 Å². The molecule has 0 radical (unpaired) electrons. The summed E-state index contributed by atoms with van der Waals surface area (Å²) in [7, 11) is 0. The lowest BCUT2D eigenvalue weighted by Crippen LogP contribution is -2.33. The van der Waals surface area contributed by atoms with Crippen molar-refractivity contribution in [1.29, 1.82) is 0 Å². The summed E-state index contributed by atoms with van der Waals surface area (Å²) in [4.78, 5) is 2.30. The first-order valence-corrected chi connectivity index (χ1v) is 8.22. The Labute approximate surface area is 140 Å². The Hall–Kier alpha value is -1.03. The average Bonchev–Trinajstić information content (AvgIpc) is 2.49. The van der Waals surface area contributed by atoms with Gasteiger partial charge in [0.15, 0.2) is 0 Å². The maximum atomic E-state index is 6.22. The first kappa shape index (κ1) is 16.3. The second-order valence-corrected chi connectivity index (χ2v) is 6.31. The molecule has 2 aromatic carbocycles. The molecular weight excluding hydrogens is 348 g/mol. The van der Waals surface area contributed by atoms with E-state index in [1.165, 1.54) is 11.3 Å². The molecular formula is C17H20BrClN2. The highest BCUT2D eigenvalue weighted by Gasteiger charge is 2.19. The maximum Gasteiger partial charge on any atom is 0.0665 e. The molecule has 2 N–H and O–H groups in total. The van der Waals surface area contributed by atoms with Gasteiger partial charge in [-0.2, -0.15) is 0 Å². The Bertz CT molecular complexity index is 598. The summed E-state index contributed by atoms with van der Waals surface area (Å²) < 4.78 is 0.905. The van der Waals surface area contributed by atoms with Crippen molar-refractivity contribution in [3.8, 4) is 0 Å². The Kier molecular flexibility index (Phi) is 5.68. The van der Waals surface area contributed by atoms with Crippen LogP contribution in [0.4, 0.5) is 5.69 Å². The minimum Gasteiger partial charge on any atom is -0.363 e. The van der Waals surface area contributed by atoms with Gasteiger partial charge in [0.2, 0.25) is 0 Å². The van der Waals surface area contributed by atoms with Crippen LogP contribution in [-0.2, 0) is 0 Å². The van der Waals surface area contributed by atoms with Crippen LogP contribution in [0.1, 0.15) is 24.1 Å². The quantitative estimate of drug-likeness (QED) is 0.811. The molecule has 1 unspecified atom stereocenters. The van der Waals surface area contributed by atoms with Gasteiger partial charge in [-0.15, -0.1) is 0 Å². The molecule has 0 heterocycles. The highest BCUT2D eigenvalue weighted by Crippen LogP contribution is 2.31. The molecule has 4 heteroatoms. The number of rotatable bonds is 5. The van der Waals surface area contributed by atoms with E-state index in [1.807, 2.05) is 12.1 Å². The molecule has 0 aromatic heterocycles. The average molecular weight is 368 g/mol. The van der Waals surface area contributed by atoms with Gasteiger partial charge in [0.05, 0.1) is 11.1 Å². The number of hydrogen-bond acceptors (Lipinski definition) is 2. The van der Waals surface area contributed by atoms with Gasteiger partial charge in [0.1, 0.15) is 0 Å². The third-order valence-corrected chi connectivity index (χ3v) is 4.87. The number of nitrogens with zero attached hydrogens (tertiary/aromatic N) is 1. The zero-order valence-corrected chi connectivity index (χ0v) is 14.7. The van der Waals surface area contributed by atoms with Crippen LogP contribution in [0.25, 0.3) is 0 Å². The molecule has 0 saturated carbocycles. The number of halogens is 2. The summed E-state index contributed by atoms with van der Waals surface area (Å²) >= 11 is 9.65. The van der Waals surface area contributed by atoms with Crippen molar-refractivity contribution in [3.63, 3.8) is 0 Å². The molecule has 0 fully saturated rings. The van der Waals surface area contributed by atoms with Crippen LogP contribution in [0.5, 0.6) is 0 Å². The largest absolute Gasteiger partial charge is 0.363 e. The lowest BCUT2D eigenvalue weighted by atomic mass is 10.0. The lowest BCUT2D eigenvalue weighted by molar-refractivity contribution is 0.643. The van der Waals surface area contributed by atoms with Crippen molar-refractivity contribution in [1.82, 2.24) is 0 Å². The minimum atomic E-state index is 0.114. The smallest absolute Gasteiger partial charge is 0.0665 e. The molecule has 0 aliphatic rings. The van der Waals surface area contributed by atoms with Crippen LogP contribution >= 0.6 is 27.5 Å². The van der Waals surface area contributed by atoms with Crippen LogP contribution in [0, 0.1) is 6.92 Å². The third-order valence-electron chi connectivity index (χ3n) is 3.63. The van der Waals surface area contributed by atoms with E-state index < -0.39 is 0 Å². The number of hydrogen-bond donors (Lipinski definition) is 1. The van der Waals surface area contributed by atoms with Crippen LogP contribution in [0.2, 0.25) is 5.02 Å². The van der Waals surface area contributed by atoms with Crippen molar-refractivity contribution >= 4 is 33.2 Å². The summed E-state index contributed by atoms with van der Waals surface area (Å²) in [6.07, 6.45) is 0. The van der Waals surface area contributed by atoms with Crippen molar-refractivity contribution < 1.29 is 0 Å². The van der Waals surface area contributed by atoms with E-state index in [2.05, 4.69) is 65.0 Å². The Morgan fingerprint density at radius 3 is 2.38 bits per heavy atom. The van der Waals surface area contributed by atoms with Gasteiger partial charge in [0, 0.05) is 23.2 Å². The second-order valence-electron chi connectivity index (χ2n) is 5.05. The van der Waals surface area contributed by atoms with Crippen LogP contribution in [-0.4, -0.2) is 13.1 Å². The summed E-state index contributed by atoms with van der Waals surface area (Å²) in [6.45, 7) is 5.66. The first-order chi connectivity index (χ1) is 10.1. The number of anilines is 1. The van der Waals surface area contributed by atoms with Gasteiger partial charge in [-0.25, -0.2) is 0 Å². The molecule has 0 saturated heterocycles. The van der Waals surface area contributed by atoms with Gasteiger partial charge in [-0.3, -0.25) is 0 Å². The molecule has 0 spiro atoms. The Balaban J connectivity index is 2.36. The van der Waals surface area contributed by atoms with Crippen molar-refractivity contribution in [2.75, 3.05) is 18.0 Å². The van der Waals surface area contributed by atoms with E-state index in [1.54, 1.807) is 0 Å². The molecule has 21 heavy (non-hydrogen) atoms. The zero-order chi connectivity index (χ0) is 15.4. The highest BCUT2D eigenvalue weighted by atomic mass is 79.9. The number of likely N-dealkylation sites (N-methyl/N-ethyl adjacent to an activating group) is 1. The van der Waals surface area contributed by atoms with E-state index in [-0.39, 0.29) is 6.04 Å². The van der Waals surface area contributed by atoms with E-state index >= 15 is 0 Å². The normalized spacial score (nSPS) is 12.2. The third kappa shape index (κ3) is 3.79. The molecule has 0 amide bonds. The SMILES string of the molecule is CCN(c1ccc(C)cc1)C(CN)c1ccc(Br)c(Cl)c1. The Morgan fingerprint density at radius 1 is 1.19 bits per heavy atom. The maximum absolute atomic E-state index is 6.22. The summed E-state index contributed by atoms with van der Waals surface area (Å²) in [6, 6.07) is 14.7. The fraction of sp³-hybridized carbons (Fsp3) is 0.294. The van der Waals surface area contributed by atoms with Gasteiger partial charge >= 0.3 is 0 Å². The summed E-state index contributed by atoms with van der Waals surface area (Å²) in [5, 5.41) is 0.714. The molecule has 0 aliphatic carbocycles. The lowest BCUT2D eigenvalue weighted by Gasteiger charge is -2.32. The number of benzene rings is 2. The first-order valence-electron chi connectivity index (χ1n) is 7.05. The second kappa shape index (κ2) is 7.30. The Morgan fingerprint density at radius 2 is 1.86 bits per heavy atom. The highest BCUT2D eigenvalue weighted by molar-refractivity contribution is 9.10. The zero-order valence-electron chi connectivity index (χ0n) is 12.3. The molecule has 2 rings (SSSR count). The summed E-state index contributed by atoms with van der Waals surface area (Å²) in [5.74, 6) is 0. The molecule has 2 aromatic rings. The van der Waals surface area contributed by atoms with Crippen molar-refractivity contribution in [3.05, 3.63) is 63.1 Å². The van der Waals surface area contributed by atoms with Crippen molar-refractivity contribution in [2.24, 2.45) is 5.73 Å². The van der Waals surface area contributed by atoms with Gasteiger partial charge in [-0.1, -0.05) is 35.4 Å². The van der Waals surface area contributed by atoms with Crippen LogP contribution < -0.4 is 10.6 Å². The van der Waals surface area contributed by atoms with Gasteiger partial charge in [0.25, 0.3) is 0 Å². The predicted octanol–water partition coefficient (Wildman–Crippen LogP) is 4.94. The fourth-order valence-corrected chi connectivity index (χ4v) is 2.92. The van der Waals surface area contributed by atoms with Crippen LogP contribution in [0.3, 0.4) is 0 Å². The predicted molar refractivity (Wildman–Crippen MR) is 95.1 cm³/mol. The summed E-state index contributed by atoms with van der Waals surface area (Å²) in [5.41, 5.74) is 9.61. The molecule has 2 nitrogen and oxygen atoms in total. The molecule has 0 aliphatic heterocycles.